The first-order valence-electron chi connectivity index (χ1n) is 7.80. The van der Waals surface area contributed by atoms with Crippen molar-refractivity contribution in [1.82, 2.24) is 0 Å². The SMILES string of the molecule is CC(C)(c1ccc(C(F)(C(F)(F)F)C(F)(F)F)cc1)S(=O)(=O)c1ccccc1. The topological polar surface area (TPSA) is 34.1 Å². The van der Waals surface area contributed by atoms with Crippen LogP contribution in [0.25, 0.3) is 0 Å². The minimum Gasteiger partial charge on any atom is -0.223 e. The number of hydrogen-bond donors (Lipinski definition) is 0. The number of hydrogen-bond acceptors (Lipinski definition) is 2. The molecule has 0 aliphatic carbocycles. The molecule has 0 bridgehead atoms. The number of alkyl halides is 7. The van der Waals surface area contributed by atoms with E-state index >= 15 is 0 Å². The normalized spacial score (nSPS) is 14.2. The summed E-state index contributed by atoms with van der Waals surface area (Å²) in [7, 11) is -4.03. The van der Waals surface area contributed by atoms with E-state index in [-0.39, 0.29) is 10.5 Å². The summed E-state index contributed by atoms with van der Waals surface area (Å²) in [6, 6.07) is 9.25. The Balaban J connectivity index is 2.55. The number of halogens is 7. The minimum absolute atomic E-state index is 0.0745. The fraction of sp³-hybridized carbons (Fsp3) is 0.333. The summed E-state index contributed by atoms with van der Waals surface area (Å²) < 4.78 is 115. The Bertz CT molecular complexity index is 915. The Hall–Kier alpha value is -2.10. The van der Waals surface area contributed by atoms with Crippen molar-refractivity contribution < 1.29 is 39.2 Å². The van der Waals surface area contributed by atoms with Crippen LogP contribution in [0, 0.1) is 0 Å². The van der Waals surface area contributed by atoms with E-state index in [4.69, 9.17) is 0 Å². The maximum absolute atomic E-state index is 14.1. The van der Waals surface area contributed by atoms with E-state index in [1.807, 2.05) is 0 Å². The van der Waals surface area contributed by atoms with Gasteiger partial charge < -0.3 is 0 Å². The molecular formula is C18H15F7O2S. The lowest BCUT2D eigenvalue weighted by molar-refractivity contribution is -0.348. The zero-order valence-corrected chi connectivity index (χ0v) is 15.4. The summed E-state index contributed by atoms with van der Waals surface area (Å²) in [4.78, 5) is -0.0745. The zero-order chi connectivity index (χ0) is 21.6. The van der Waals surface area contributed by atoms with Gasteiger partial charge in [-0.3, -0.25) is 0 Å². The first-order valence-corrected chi connectivity index (χ1v) is 9.28. The number of rotatable bonds is 4. The van der Waals surface area contributed by atoms with Gasteiger partial charge in [-0.15, -0.1) is 0 Å². The van der Waals surface area contributed by atoms with Gasteiger partial charge >= 0.3 is 18.0 Å². The lowest BCUT2D eigenvalue weighted by Crippen LogP contribution is -2.50. The van der Waals surface area contributed by atoms with Gasteiger partial charge in [0.15, 0.2) is 9.84 Å². The van der Waals surface area contributed by atoms with Crippen LogP contribution in [0.5, 0.6) is 0 Å². The van der Waals surface area contributed by atoms with E-state index in [0.717, 1.165) is 12.1 Å². The molecule has 0 spiro atoms. The van der Waals surface area contributed by atoms with Crippen LogP contribution in [0.1, 0.15) is 25.0 Å². The Morgan fingerprint density at radius 2 is 1.04 bits per heavy atom. The predicted octanol–water partition coefficient (Wildman–Crippen LogP) is 5.69. The van der Waals surface area contributed by atoms with Gasteiger partial charge in [0.25, 0.3) is 0 Å². The highest BCUT2D eigenvalue weighted by Gasteiger charge is 2.73. The summed E-state index contributed by atoms with van der Waals surface area (Å²) in [6.45, 7) is 2.50. The van der Waals surface area contributed by atoms with Crippen LogP contribution >= 0.6 is 0 Å². The van der Waals surface area contributed by atoms with Gasteiger partial charge in [0.1, 0.15) is 0 Å². The van der Waals surface area contributed by atoms with Crippen LogP contribution in [0.4, 0.5) is 30.7 Å². The third-order valence-corrected chi connectivity index (χ3v) is 6.96. The summed E-state index contributed by atoms with van der Waals surface area (Å²) >= 11 is 0. The average molecular weight is 428 g/mol. The molecule has 0 unspecified atom stereocenters. The molecule has 0 saturated carbocycles. The van der Waals surface area contributed by atoms with E-state index in [2.05, 4.69) is 0 Å². The number of sulfone groups is 1. The summed E-state index contributed by atoms with van der Waals surface area (Å²) in [5, 5.41) is 0. The number of benzene rings is 2. The lowest BCUT2D eigenvalue weighted by Gasteiger charge is -2.31. The molecule has 154 valence electrons. The summed E-state index contributed by atoms with van der Waals surface area (Å²) in [5.74, 6) is 0. The van der Waals surface area contributed by atoms with Gasteiger partial charge in [0.2, 0.25) is 0 Å². The van der Waals surface area contributed by atoms with Gasteiger partial charge in [0, 0.05) is 5.56 Å². The second kappa shape index (κ2) is 6.75. The molecule has 0 aliphatic rings. The highest BCUT2D eigenvalue weighted by molar-refractivity contribution is 7.92. The van der Waals surface area contributed by atoms with Gasteiger partial charge in [-0.05, 0) is 31.5 Å². The van der Waals surface area contributed by atoms with Gasteiger partial charge in [-0.25, -0.2) is 12.8 Å². The fourth-order valence-corrected chi connectivity index (χ4v) is 4.19. The molecule has 0 fully saturated rings. The Kier molecular flexibility index (Phi) is 5.35. The maximum Gasteiger partial charge on any atom is 0.435 e. The van der Waals surface area contributed by atoms with Crippen LogP contribution in [-0.2, 0) is 20.3 Å². The molecule has 2 rings (SSSR count). The fourth-order valence-electron chi connectivity index (χ4n) is 2.64. The predicted molar refractivity (Wildman–Crippen MR) is 88.0 cm³/mol. The van der Waals surface area contributed by atoms with E-state index in [0.29, 0.717) is 12.1 Å². The molecule has 0 atom stereocenters. The quantitative estimate of drug-likeness (QED) is 0.587. The van der Waals surface area contributed by atoms with E-state index in [9.17, 15) is 39.2 Å². The summed E-state index contributed by atoms with van der Waals surface area (Å²) in [5.41, 5.74) is -7.34. The van der Waals surface area contributed by atoms with Gasteiger partial charge in [-0.1, -0.05) is 42.5 Å². The smallest absolute Gasteiger partial charge is 0.223 e. The van der Waals surface area contributed by atoms with Crippen LogP contribution < -0.4 is 0 Å². The molecular weight excluding hydrogens is 413 g/mol. The molecule has 0 saturated heterocycles. The molecule has 0 amide bonds. The van der Waals surface area contributed by atoms with Crippen molar-refractivity contribution in [2.45, 2.75) is 41.5 Å². The molecule has 10 heteroatoms. The molecule has 0 aliphatic heterocycles. The molecule has 2 nitrogen and oxygen atoms in total. The molecule has 28 heavy (non-hydrogen) atoms. The van der Waals surface area contributed by atoms with E-state index in [1.165, 1.54) is 38.1 Å². The monoisotopic (exact) mass is 428 g/mol. The summed E-state index contributed by atoms with van der Waals surface area (Å²) in [6.07, 6.45) is -12.5. The van der Waals surface area contributed by atoms with Crippen LogP contribution in [0.15, 0.2) is 59.5 Å². The Morgan fingerprint density at radius 3 is 1.43 bits per heavy atom. The molecule has 2 aromatic carbocycles. The van der Waals surface area contributed by atoms with Crippen molar-refractivity contribution in [3.05, 3.63) is 65.7 Å². The van der Waals surface area contributed by atoms with E-state index < -0.39 is 38.2 Å². The third kappa shape index (κ3) is 3.38. The zero-order valence-electron chi connectivity index (χ0n) is 14.6. The van der Waals surface area contributed by atoms with Crippen LogP contribution in [-0.4, -0.2) is 20.8 Å². The molecule has 0 aromatic heterocycles. The lowest BCUT2D eigenvalue weighted by atomic mass is 9.91. The Morgan fingerprint density at radius 1 is 0.643 bits per heavy atom. The molecule has 0 radical (unpaired) electrons. The first kappa shape index (κ1) is 22.2. The Labute approximate surface area is 156 Å². The van der Waals surface area contributed by atoms with Crippen molar-refractivity contribution in [1.29, 1.82) is 0 Å². The first-order chi connectivity index (χ1) is 12.6. The van der Waals surface area contributed by atoms with Gasteiger partial charge in [0.05, 0.1) is 9.64 Å². The molecule has 2 aromatic rings. The standard InChI is InChI=1S/C18H15F7O2S/c1-15(2,28(26,27)14-6-4-3-5-7-14)12-8-10-13(11-9-12)16(19,17(20,21)22)18(23,24)25/h3-11H,1-2H3. The van der Waals surface area contributed by atoms with Crippen molar-refractivity contribution in [2.75, 3.05) is 0 Å². The highest BCUT2D eigenvalue weighted by atomic mass is 32.2. The van der Waals surface area contributed by atoms with Crippen molar-refractivity contribution in [2.24, 2.45) is 0 Å². The third-order valence-electron chi connectivity index (χ3n) is 4.48. The van der Waals surface area contributed by atoms with E-state index in [1.54, 1.807) is 6.07 Å². The van der Waals surface area contributed by atoms with Crippen LogP contribution in [0.2, 0.25) is 0 Å². The van der Waals surface area contributed by atoms with Crippen LogP contribution in [0.3, 0.4) is 0 Å². The average Bonchev–Trinajstić information content (AvgIpc) is 2.59. The van der Waals surface area contributed by atoms with Crippen molar-refractivity contribution in [3.8, 4) is 0 Å². The minimum atomic E-state index is -6.24. The second-order valence-electron chi connectivity index (χ2n) is 6.56. The molecule has 0 N–H and O–H groups in total. The second-order valence-corrected chi connectivity index (χ2v) is 9.06. The van der Waals surface area contributed by atoms with Gasteiger partial charge in [-0.2, -0.15) is 26.3 Å². The largest absolute Gasteiger partial charge is 0.435 e. The van der Waals surface area contributed by atoms with Crippen molar-refractivity contribution >= 4 is 9.84 Å². The van der Waals surface area contributed by atoms with Crippen molar-refractivity contribution in [3.63, 3.8) is 0 Å². The highest BCUT2D eigenvalue weighted by Crippen LogP contribution is 2.53. The maximum atomic E-state index is 14.1. The molecule has 0 heterocycles.